The van der Waals surface area contributed by atoms with E-state index in [9.17, 15) is 9.59 Å². The number of carbonyl (C=O) groups is 2. The van der Waals surface area contributed by atoms with Gasteiger partial charge in [-0.15, -0.1) is 0 Å². The summed E-state index contributed by atoms with van der Waals surface area (Å²) in [7, 11) is 3.22. The van der Waals surface area contributed by atoms with Crippen molar-refractivity contribution in [3.63, 3.8) is 0 Å². The lowest BCUT2D eigenvalue weighted by molar-refractivity contribution is -0.132. The number of aromatic nitrogens is 1. The molecule has 9 heteroatoms. The van der Waals surface area contributed by atoms with E-state index in [1.807, 2.05) is 48.7 Å². The molecule has 0 saturated carbocycles. The number of hydrogen-bond acceptors (Lipinski definition) is 4. The Bertz CT molecular complexity index is 1460. The largest absolute Gasteiger partial charge is 0.496 e. The van der Waals surface area contributed by atoms with Crippen LogP contribution in [0.2, 0.25) is 10.0 Å². The molecule has 1 aromatic heterocycles. The van der Waals surface area contributed by atoms with E-state index in [0.717, 1.165) is 22.0 Å². The monoisotopic (exact) mass is 581 g/mol. The second-order valence-electron chi connectivity index (χ2n) is 9.44. The van der Waals surface area contributed by atoms with Crippen LogP contribution in [0.5, 0.6) is 5.75 Å². The lowest BCUT2D eigenvalue weighted by atomic mass is 10.1. The Hall–Kier alpha value is -3.52. The average molecular weight is 583 g/mol. The van der Waals surface area contributed by atoms with Crippen LogP contribution in [0.25, 0.3) is 10.9 Å². The summed E-state index contributed by atoms with van der Waals surface area (Å²) >= 11 is 12.2. The van der Waals surface area contributed by atoms with Crippen LogP contribution < -0.4 is 4.74 Å². The van der Waals surface area contributed by atoms with Gasteiger partial charge in [0.25, 0.3) is 5.91 Å². The van der Waals surface area contributed by atoms with Gasteiger partial charge < -0.3 is 24.3 Å². The molecule has 0 aliphatic carbocycles. The van der Waals surface area contributed by atoms with E-state index < -0.39 is 0 Å². The molecule has 0 unspecified atom stereocenters. The third-order valence-electron chi connectivity index (χ3n) is 6.79. The zero-order chi connectivity index (χ0) is 28.5. The Balaban J connectivity index is 1.58. The summed E-state index contributed by atoms with van der Waals surface area (Å²) in [6.45, 7) is 1.53. The highest BCUT2D eigenvalue weighted by molar-refractivity contribution is 6.42. The van der Waals surface area contributed by atoms with Gasteiger partial charge in [0.2, 0.25) is 5.91 Å². The van der Waals surface area contributed by atoms with Crippen molar-refractivity contribution in [1.29, 1.82) is 0 Å². The summed E-state index contributed by atoms with van der Waals surface area (Å²) in [6.07, 6.45) is 3.22. The smallest absolute Gasteiger partial charge is 0.254 e. The van der Waals surface area contributed by atoms with Gasteiger partial charge in [-0.25, -0.2) is 0 Å². The predicted molar refractivity (Wildman–Crippen MR) is 159 cm³/mol. The first-order chi connectivity index (χ1) is 19.4. The number of amides is 2. The fraction of sp³-hybridized carbons (Fsp3) is 0.290. The summed E-state index contributed by atoms with van der Waals surface area (Å²) in [5.74, 6) is 0.240. The fourth-order valence-corrected chi connectivity index (χ4v) is 4.95. The predicted octanol–water partition coefficient (Wildman–Crippen LogP) is 6.23. The standard InChI is InChI=1S/C31H33Cl2N3O4/c1-39-17-7-15-36(31(38)22-12-13-26(32)27(33)18-22)21-30(37)35(20-24-8-3-6-11-29(24)40-2)16-14-23-19-34-28-10-5-4-9-25(23)28/h3-6,8-13,18-19,34H,7,14-17,20-21H2,1-2H3. The number of H-pyrrole nitrogens is 1. The zero-order valence-electron chi connectivity index (χ0n) is 22.7. The molecule has 40 heavy (non-hydrogen) atoms. The minimum atomic E-state index is -0.295. The number of fused-ring (bicyclic) bond motifs is 1. The number of methoxy groups -OCH3 is 2. The van der Waals surface area contributed by atoms with Crippen molar-refractivity contribution in [3.05, 3.63) is 99.7 Å². The molecule has 0 aliphatic rings. The molecule has 4 aromatic rings. The molecule has 0 radical (unpaired) electrons. The molecule has 0 saturated heterocycles. The molecule has 2 amide bonds. The molecule has 0 aliphatic heterocycles. The molecule has 0 atom stereocenters. The van der Waals surface area contributed by atoms with E-state index in [2.05, 4.69) is 11.1 Å². The van der Waals surface area contributed by atoms with Crippen LogP contribution in [0.4, 0.5) is 0 Å². The van der Waals surface area contributed by atoms with Crippen LogP contribution in [0, 0.1) is 0 Å². The topological polar surface area (TPSA) is 74.9 Å². The maximum absolute atomic E-state index is 13.9. The van der Waals surface area contributed by atoms with E-state index in [1.165, 1.54) is 6.07 Å². The number of aromatic amines is 1. The van der Waals surface area contributed by atoms with Gasteiger partial charge in [-0.2, -0.15) is 0 Å². The maximum Gasteiger partial charge on any atom is 0.254 e. The minimum Gasteiger partial charge on any atom is -0.496 e. The number of para-hydroxylation sites is 2. The second-order valence-corrected chi connectivity index (χ2v) is 10.3. The molecule has 0 spiro atoms. The van der Waals surface area contributed by atoms with E-state index >= 15 is 0 Å². The molecular formula is C31H33Cl2N3O4. The fourth-order valence-electron chi connectivity index (χ4n) is 4.65. The molecule has 7 nitrogen and oxygen atoms in total. The Morgan fingerprint density at radius 1 is 0.875 bits per heavy atom. The van der Waals surface area contributed by atoms with E-state index in [-0.39, 0.29) is 23.4 Å². The SMILES string of the molecule is COCCCN(CC(=O)N(CCc1c[nH]c2ccccc12)Cc1ccccc1OC)C(=O)c1ccc(Cl)c(Cl)c1. The first-order valence-electron chi connectivity index (χ1n) is 13.1. The van der Waals surface area contributed by atoms with Crippen molar-refractivity contribution >= 4 is 45.9 Å². The molecule has 4 rings (SSSR count). The van der Waals surface area contributed by atoms with E-state index in [4.69, 9.17) is 32.7 Å². The Morgan fingerprint density at radius 2 is 1.65 bits per heavy atom. The summed E-state index contributed by atoms with van der Waals surface area (Å²) in [6, 6.07) is 20.5. The van der Waals surface area contributed by atoms with E-state index in [1.54, 1.807) is 36.2 Å². The van der Waals surface area contributed by atoms with Gasteiger partial charge >= 0.3 is 0 Å². The van der Waals surface area contributed by atoms with Crippen molar-refractivity contribution in [2.75, 3.05) is 40.5 Å². The van der Waals surface area contributed by atoms with Gasteiger partial charge in [0.1, 0.15) is 12.3 Å². The molecule has 1 N–H and O–H groups in total. The molecule has 0 fully saturated rings. The van der Waals surface area contributed by atoms with Crippen LogP contribution in [0.15, 0.2) is 72.9 Å². The van der Waals surface area contributed by atoms with Crippen molar-refractivity contribution in [2.24, 2.45) is 0 Å². The van der Waals surface area contributed by atoms with Crippen molar-refractivity contribution in [1.82, 2.24) is 14.8 Å². The van der Waals surface area contributed by atoms with Gasteiger partial charge in [0.15, 0.2) is 0 Å². The normalized spacial score (nSPS) is 11.0. The summed E-state index contributed by atoms with van der Waals surface area (Å²) in [4.78, 5) is 34.0. The number of benzene rings is 3. The number of ether oxygens (including phenoxy) is 2. The Labute approximate surface area is 244 Å². The highest BCUT2D eigenvalue weighted by atomic mass is 35.5. The number of nitrogens with one attached hydrogen (secondary N) is 1. The van der Waals surface area contributed by atoms with Gasteiger partial charge in [0.05, 0.1) is 17.2 Å². The van der Waals surface area contributed by atoms with Gasteiger partial charge in [-0.05, 0) is 48.7 Å². The van der Waals surface area contributed by atoms with Gasteiger partial charge in [-0.3, -0.25) is 9.59 Å². The number of carbonyl (C=O) groups excluding carboxylic acids is 2. The second kappa shape index (κ2) is 14.2. The van der Waals surface area contributed by atoms with Crippen LogP contribution in [-0.2, 0) is 22.5 Å². The van der Waals surface area contributed by atoms with Gasteiger partial charge in [-0.1, -0.05) is 59.6 Å². The van der Waals surface area contributed by atoms with Gasteiger partial charge in [0, 0.05) is 61.6 Å². The van der Waals surface area contributed by atoms with E-state index in [0.29, 0.717) is 55.4 Å². The van der Waals surface area contributed by atoms with Crippen molar-refractivity contribution < 1.29 is 19.1 Å². The van der Waals surface area contributed by atoms with Crippen LogP contribution in [0.3, 0.4) is 0 Å². The summed E-state index contributed by atoms with van der Waals surface area (Å²) < 4.78 is 10.7. The Morgan fingerprint density at radius 3 is 2.42 bits per heavy atom. The summed E-state index contributed by atoms with van der Waals surface area (Å²) in [5.41, 5.74) is 3.43. The van der Waals surface area contributed by atoms with Crippen LogP contribution in [0.1, 0.15) is 27.9 Å². The molecule has 3 aromatic carbocycles. The maximum atomic E-state index is 13.9. The molecule has 0 bridgehead atoms. The number of hydrogen-bond donors (Lipinski definition) is 1. The van der Waals surface area contributed by atoms with Crippen LogP contribution in [-0.4, -0.2) is 67.1 Å². The summed E-state index contributed by atoms with van der Waals surface area (Å²) in [5, 5.41) is 1.77. The Kier molecular flexibility index (Phi) is 10.5. The average Bonchev–Trinajstić information content (AvgIpc) is 3.39. The third-order valence-corrected chi connectivity index (χ3v) is 7.53. The third kappa shape index (κ3) is 7.36. The highest BCUT2D eigenvalue weighted by Crippen LogP contribution is 2.24. The lowest BCUT2D eigenvalue weighted by Crippen LogP contribution is -2.44. The van der Waals surface area contributed by atoms with Crippen LogP contribution >= 0.6 is 23.2 Å². The number of halogens is 2. The highest BCUT2D eigenvalue weighted by Gasteiger charge is 2.24. The van der Waals surface area contributed by atoms with Crippen molar-refractivity contribution in [2.45, 2.75) is 19.4 Å². The number of rotatable bonds is 13. The molecular weight excluding hydrogens is 549 g/mol. The van der Waals surface area contributed by atoms with Crippen molar-refractivity contribution in [3.8, 4) is 5.75 Å². The molecule has 1 heterocycles. The number of nitrogens with zero attached hydrogens (tertiary/aromatic N) is 2. The quantitative estimate of drug-likeness (QED) is 0.190. The lowest BCUT2D eigenvalue weighted by Gasteiger charge is -2.28. The molecule has 210 valence electrons. The minimum absolute atomic E-state index is 0.0914. The first kappa shape index (κ1) is 29.5. The zero-order valence-corrected chi connectivity index (χ0v) is 24.2. The first-order valence-corrected chi connectivity index (χ1v) is 13.8.